The van der Waals surface area contributed by atoms with Crippen molar-refractivity contribution in [3.8, 4) is 33.6 Å². The summed E-state index contributed by atoms with van der Waals surface area (Å²) in [6, 6.07) is 94.4. The Kier molecular flexibility index (Phi) is 18.8. The van der Waals surface area contributed by atoms with Gasteiger partial charge >= 0.3 is 5.97 Å². The number of fused-ring (bicyclic) bond motifs is 3. The Morgan fingerprint density at radius 2 is 1.15 bits per heavy atom. The SMILES string of the molecule is CCC(CC(CC(C)c1ccc([Si](c2ccccc2)(c2ccccc2)c2ccccc2-c2cccnc2)cc1)n1c2ccccc2c2ccccc21)C(=O)OCCc1cc[c-]c(-c2ccccn2)c1.[Ir].[c-]1ccccc1-c1ccccn1. The number of benzene rings is 8. The van der Waals surface area contributed by atoms with Gasteiger partial charge in [-0.25, -0.2) is 0 Å². The van der Waals surface area contributed by atoms with Crippen LogP contribution >= 0.6 is 0 Å². The van der Waals surface area contributed by atoms with Gasteiger partial charge < -0.3 is 19.3 Å². The zero-order chi connectivity index (χ0) is 55.2. The van der Waals surface area contributed by atoms with E-state index in [9.17, 15) is 4.79 Å². The van der Waals surface area contributed by atoms with Crippen LogP contribution in [0.3, 0.4) is 0 Å². The molecule has 0 aliphatic rings. The number of ether oxygens (including phenoxy) is 1. The zero-order valence-electron chi connectivity index (χ0n) is 46.2. The maximum Gasteiger partial charge on any atom is 0.309 e. The molecule has 82 heavy (non-hydrogen) atoms. The van der Waals surface area contributed by atoms with E-state index in [-0.39, 0.29) is 44.0 Å². The third kappa shape index (κ3) is 12.5. The third-order valence-corrected chi connectivity index (χ3v) is 20.6. The summed E-state index contributed by atoms with van der Waals surface area (Å²) in [5.41, 5.74) is 10.9. The fourth-order valence-electron chi connectivity index (χ4n) is 11.7. The Morgan fingerprint density at radius 1 is 0.561 bits per heavy atom. The summed E-state index contributed by atoms with van der Waals surface area (Å²) in [6.45, 7) is 4.78. The number of para-hydroxylation sites is 2. The molecule has 407 valence electrons. The molecule has 12 rings (SSSR count). The summed E-state index contributed by atoms with van der Waals surface area (Å²) >= 11 is 0. The Balaban J connectivity index is 0.000000512. The summed E-state index contributed by atoms with van der Waals surface area (Å²) in [6.07, 6.45) is 10.2. The van der Waals surface area contributed by atoms with Crippen molar-refractivity contribution in [2.45, 2.75) is 51.5 Å². The van der Waals surface area contributed by atoms with Crippen molar-refractivity contribution < 1.29 is 29.6 Å². The molecule has 0 amide bonds. The molecular formula is C74H64IrN4O2Si-2. The van der Waals surface area contributed by atoms with Gasteiger partial charge in [-0.3, -0.25) is 9.78 Å². The second-order valence-corrected chi connectivity index (χ2v) is 24.4. The van der Waals surface area contributed by atoms with Gasteiger partial charge in [0, 0.05) is 72.7 Å². The van der Waals surface area contributed by atoms with Crippen LogP contribution in [0, 0.1) is 18.1 Å². The number of pyridine rings is 3. The summed E-state index contributed by atoms with van der Waals surface area (Å²) in [5.74, 6) is -0.240. The van der Waals surface area contributed by atoms with Gasteiger partial charge in [0.1, 0.15) is 0 Å². The minimum absolute atomic E-state index is 0. The first-order valence-corrected chi connectivity index (χ1v) is 30.2. The van der Waals surface area contributed by atoms with Crippen molar-refractivity contribution in [2.75, 3.05) is 6.61 Å². The van der Waals surface area contributed by atoms with E-state index in [1.807, 2.05) is 91.3 Å². The first kappa shape index (κ1) is 56.6. The zero-order valence-corrected chi connectivity index (χ0v) is 49.6. The van der Waals surface area contributed by atoms with E-state index in [0.717, 1.165) is 40.1 Å². The minimum atomic E-state index is -2.90. The first-order valence-electron chi connectivity index (χ1n) is 28.2. The second-order valence-electron chi connectivity index (χ2n) is 20.7. The van der Waals surface area contributed by atoms with Crippen molar-refractivity contribution in [2.24, 2.45) is 5.92 Å². The summed E-state index contributed by atoms with van der Waals surface area (Å²) in [7, 11) is -2.90. The van der Waals surface area contributed by atoms with Crippen LogP contribution in [0.25, 0.3) is 55.4 Å². The molecule has 4 heterocycles. The quantitative estimate of drug-likeness (QED) is 0.0371. The molecule has 6 nitrogen and oxygen atoms in total. The van der Waals surface area contributed by atoms with Crippen LogP contribution in [-0.2, 0) is 36.1 Å². The molecule has 12 aromatic rings. The number of hydrogen-bond acceptors (Lipinski definition) is 5. The molecule has 0 saturated heterocycles. The van der Waals surface area contributed by atoms with Gasteiger partial charge in [0.25, 0.3) is 0 Å². The van der Waals surface area contributed by atoms with Gasteiger partial charge in [0.05, 0.1) is 12.5 Å². The Bertz CT molecular complexity index is 3810. The molecule has 0 bridgehead atoms. The van der Waals surface area contributed by atoms with Crippen LogP contribution < -0.4 is 20.7 Å². The molecule has 3 atom stereocenters. The van der Waals surface area contributed by atoms with Gasteiger partial charge in [-0.1, -0.05) is 190 Å². The van der Waals surface area contributed by atoms with Crippen LogP contribution in [0.5, 0.6) is 0 Å². The van der Waals surface area contributed by atoms with E-state index in [0.29, 0.717) is 25.9 Å². The number of aromatic nitrogens is 4. The molecule has 4 aromatic heterocycles. The molecule has 0 N–H and O–H groups in total. The van der Waals surface area contributed by atoms with E-state index in [1.165, 1.54) is 53.7 Å². The van der Waals surface area contributed by atoms with E-state index in [2.05, 4.69) is 215 Å². The van der Waals surface area contributed by atoms with Crippen LogP contribution in [0.2, 0.25) is 0 Å². The molecule has 8 heteroatoms. The number of rotatable bonds is 18. The Morgan fingerprint density at radius 3 is 1.76 bits per heavy atom. The van der Waals surface area contributed by atoms with E-state index >= 15 is 0 Å². The number of hydrogen-bond donors (Lipinski definition) is 0. The standard InChI is InChI=1S/C63H56N3O2Si.C11H8N.Ir/c1-3-48(63(67)68-41-38-47-20-18-21-50(43-47)59-30-16-17-40-65-59)44-52(66-60-31-13-10-28-57(60)58-29-11-14-32-61(58)66)42-46(2)49-34-36-55(37-35-49)69(53-23-6-4-7-24-53,54-25-8-5-9-26-54)62-33-15-12-27-56(62)51-22-19-39-64-45-51;1-2-6-10(7-3-1)11-8-4-5-9-12-11;/h4-20,22-37,39-40,43,45-46,48,52H,3,38,41-42,44H2,1-2H3;1-6,8-9H;/q2*-1;. The van der Waals surface area contributed by atoms with Crippen molar-refractivity contribution in [1.29, 1.82) is 0 Å². The summed E-state index contributed by atoms with van der Waals surface area (Å²) in [5, 5.41) is 7.76. The largest absolute Gasteiger partial charge is 0.465 e. The van der Waals surface area contributed by atoms with Crippen molar-refractivity contribution in [3.05, 3.63) is 297 Å². The van der Waals surface area contributed by atoms with Crippen molar-refractivity contribution in [1.82, 2.24) is 19.5 Å². The topological polar surface area (TPSA) is 69.9 Å². The molecule has 1 radical (unpaired) electrons. The summed E-state index contributed by atoms with van der Waals surface area (Å²) < 4.78 is 8.66. The van der Waals surface area contributed by atoms with Crippen LogP contribution in [-0.4, -0.2) is 40.2 Å². The van der Waals surface area contributed by atoms with Gasteiger partial charge in [0.15, 0.2) is 8.07 Å². The minimum Gasteiger partial charge on any atom is -0.465 e. The molecular weight excluding hydrogens is 1200 g/mol. The average molecular weight is 1260 g/mol. The first-order chi connectivity index (χ1) is 40.0. The fraction of sp³-hybridized carbons (Fsp3) is 0.135. The average Bonchev–Trinajstić information content (AvgIpc) is 1.81. The van der Waals surface area contributed by atoms with E-state index < -0.39 is 8.07 Å². The van der Waals surface area contributed by atoms with Gasteiger partial charge in [-0.05, 0) is 111 Å². The molecule has 0 aliphatic carbocycles. The molecule has 0 aliphatic heterocycles. The third-order valence-electron chi connectivity index (χ3n) is 15.7. The summed E-state index contributed by atoms with van der Waals surface area (Å²) in [4.78, 5) is 27.5. The van der Waals surface area contributed by atoms with Crippen LogP contribution in [0.15, 0.2) is 274 Å². The Labute approximate surface area is 497 Å². The molecule has 8 aromatic carbocycles. The molecule has 0 spiro atoms. The van der Waals surface area contributed by atoms with Crippen LogP contribution in [0.1, 0.15) is 56.2 Å². The van der Waals surface area contributed by atoms with Gasteiger partial charge in [-0.15, -0.1) is 71.3 Å². The van der Waals surface area contributed by atoms with Crippen molar-refractivity contribution >= 4 is 56.6 Å². The van der Waals surface area contributed by atoms with Crippen LogP contribution in [0.4, 0.5) is 0 Å². The maximum atomic E-state index is 14.2. The predicted octanol–water partition coefficient (Wildman–Crippen LogP) is 14.6. The molecule has 3 unspecified atom stereocenters. The van der Waals surface area contributed by atoms with Gasteiger partial charge in [-0.2, -0.15) is 0 Å². The molecule has 0 saturated carbocycles. The number of carbonyl (C=O) groups is 1. The van der Waals surface area contributed by atoms with Gasteiger partial charge in [0.2, 0.25) is 0 Å². The molecule has 0 fully saturated rings. The maximum absolute atomic E-state index is 14.2. The smallest absolute Gasteiger partial charge is 0.309 e. The number of nitrogens with zero attached hydrogens (tertiary/aromatic N) is 4. The van der Waals surface area contributed by atoms with E-state index in [4.69, 9.17) is 4.74 Å². The second kappa shape index (κ2) is 27.2. The normalized spacial score (nSPS) is 12.3. The van der Waals surface area contributed by atoms with Crippen molar-refractivity contribution in [3.63, 3.8) is 0 Å². The predicted molar refractivity (Wildman–Crippen MR) is 335 cm³/mol. The monoisotopic (exact) mass is 1260 g/mol. The number of esters is 1. The number of carbonyl (C=O) groups excluding carboxylic acids is 1. The van der Waals surface area contributed by atoms with E-state index in [1.54, 1.807) is 12.4 Å². The Hall–Kier alpha value is -8.65. The fourth-order valence-corrected chi connectivity index (χ4v) is 16.7.